The van der Waals surface area contributed by atoms with Crippen LogP contribution in [0.4, 0.5) is 0 Å². The van der Waals surface area contributed by atoms with Gasteiger partial charge in [-0.3, -0.25) is 0 Å². The lowest BCUT2D eigenvalue weighted by molar-refractivity contribution is 0.483. The van der Waals surface area contributed by atoms with Crippen LogP contribution in [0.25, 0.3) is 10.8 Å². The first-order valence-corrected chi connectivity index (χ1v) is 7.09. The SMILES string of the molecule is CCNCc1nnc(-c2cc(Br)c(Br)s2)o1. The standard InChI is InChI=1S/C9H9Br2N3OS/c1-2-12-4-7-13-14-9(15-7)6-3-5(10)8(11)16-6/h3,12H,2,4H2,1H3. The van der Waals surface area contributed by atoms with Crippen LogP contribution in [0.15, 0.2) is 18.7 Å². The third-order valence-electron chi connectivity index (χ3n) is 1.85. The summed E-state index contributed by atoms with van der Waals surface area (Å²) in [5, 5.41) is 11.1. The number of thiophene rings is 1. The highest BCUT2D eigenvalue weighted by atomic mass is 79.9. The molecule has 2 aromatic heterocycles. The molecule has 2 heterocycles. The zero-order valence-electron chi connectivity index (χ0n) is 8.46. The number of aromatic nitrogens is 2. The Hall–Kier alpha value is -0.240. The zero-order valence-corrected chi connectivity index (χ0v) is 12.4. The Balaban J connectivity index is 2.18. The Morgan fingerprint density at radius 3 is 2.88 bits per heavy atom. The molecule has 0 aliphatic carbocycles. The molecule has 0 amide bonds. The van der Waals surface area contributed by atoms with E-state index in [0.29, 0.717) is 18.3 Å². The Morgan fingerprint density at radius 1 is 1.44 bits per heavy atom. The van der Waals surface area contributed by atoms with E-state index < -0.39 is 0 Å². The average molecular weight is 367 g/mol. The summed E-state index contributed by atoms with van der Waals surface area (Å²) in [6, 6.07) is 1.96. The fraction of sp³-hybridized carbons (Fsp3) is 0.333. The Bertz CT molecular complexity index is 463. The molecule has 1 N–H and O–H groups in total. The molecule has 86 valence electrons. The van der Waals surface area contributed by atoms with Gasteiger partial charge in [0.15, 0.2) is 0 Å². The van der Waals surface area contributed by atoms with Crippen LogP contribution in [0.2, 0.25) is 0 Å². The summed E-state index contributed by atoms with van der Waals surface area (Å²) in [7, 11) is 0. The second-order valence-electron chi connectivity index (χ2n) is 3.01. The van der Waals surface area contributed by atoms with E-state index >= 15 is 0 Å². The van der Waals surface area contributed by atoms with Gasteiger partial charge in [0, 0.05) is 4.47 Å². The van der Waals surface area contributed by atoms with Gasteiger partial charge in [0.1, 0.15) is 0 Å². The van der Waals surface area contributed by atoms with Crippen molar-refractivity contribution < 1.29 is 4.42 Å². The van der Waals surface area contributed by atoms with Crippen LogP contribution in [0.1, 0.15) is 12.8 Å². The van der Waals surface area contributed by atoms with Gasteiger partial charge in [0.05, 0.1) is 15.2 Å². The average Bonchev–Trinajstić information content (AvgIpc) is 2.84. The molecule has 7 heteroatoms. The number of rotatable bonds is 4. The third-order valence-corrected chi connectivity index (χ3v) is 5.09. The smallest absolute Gasteiger partial charge is 0.257 e. The summed E-state index contributed by atoms with van der Waals surface area (Å²) in [5.41, 5.74) is 0. The molecule has 0 radical (unpaired) electrons. The number of nitrogens with one attached hydrogen (secondary N) is 1. The quantitative estimate of drug-likeness (QED) is 0.900. The molecule has 0 unspecified atom stereocenters. The summed E-state index contributed by atoms with van der Waals surface area (Å²) in [6.45, 7) is 3.52. The van der Waals surface area contributed by atoms with E-state index in [0.717, 1.165) is 19.7 Å². The molecule has 0 aromatic carbocycles. The van der Waals surface area contributed by atoms with Crippen molar-refractivity contribution in [3.8, 4) is 10.8 Å². The van der Waals surface area contributed by atoms with Crippen molar-refractivity contribution in [1.29, 1.82) is 0 Å². The topological polar surface area (TPSA) is 51.0 Å². The minimum atomic E-state index is 0.560. The highest BCUT2D eigenvalue weighted by Crippen LogP contribution is 2.37. The molecule has 0 atom stereocenters. The van der Waals surface area contributed by atoms with E-state index in [1.54, 1.807) is 11.3 Å². The molecule has 16 heavy (non-hydrogen) atoms. The van der Waals surface area contributed by atoms with Gasteiger partial charge in [-0.2, -0.15) is 0 Å². The van der Waals surface area contributed by atoms with Crippen LogP contribution >= 0.6 is 43.2 Å². The van der Waals surface area contributed by atoms with Gasteiger partial charge in [-0.15, -0.1) is 21.5 Å². The fourth-order valence-electron chi connectivity index (χ4n) is 1.11. The molecule has 0 bridgehead atoms. The molecule has 0 aliphatic heterocycles. The minimum Gasteiger partial charge on any atom is -0.419 e. The van der Waals surface area contributed by atoms with Crippen molar-refractivity contribution in [3.63, 3.8) is 0 Å². The van der Waals surface area contributed by atoms with Crippen LogP contribution in [-0.2, 0) is 6.54 Å². The van der Waals surface area contributed by atoms with Crippen LogP contribution < -0.4 is 5.32 Å². The fourth-order valence-corrected chi connectivity index (χ4v) is 3.07. The molecular formula is C9H9Br2N3OS. The molecule has 0 saturated carbocycles. The van der Waals surface area contributed by atoms with Crippen molar-refractivity contribution in [2.75, 3.05) is 6.54 Å². The molecule has 0 fully saturated rings. The van der Waals surface area contributed by atoms with E-state index in [4.69, 9.17) is 4.42 Å². The lowest BCUT2D eigenvalue weighted by atomic mass is 10.5. The molecule has 0 spiro atoms. The van der Waals surface area contributed by atoms with Gasteiger partial charge in [-0.25, -0.2) is 0 Å². The zero-order chi connectivity index (χ0) is 11.5. The van der Waals surface area contributed by atoms with Gasteiger partial charge in [0.25, 0.3) is 5.89 Å². The Labute approximate surface area is 114 Å². The van der Waals surface area contributed by atoms with Gasteiger partial charge in [0.2, 0.25) is 5.89 Å². The van der Waals surface area contributed by atoms with Gasteiger partial charge in [-0.1, -0.05) is 6.92 Å². The predicted molar refractivity (Wildman–Crippen MR) is 70.4 cm³/mol. The lowest BCUT2D eigenvalue weighted by Gasteiger charge is -1.93. The third kappa shape index (κ3) is 2.71. The van der Waals surface area contributed by atoms with E-state index in [-0.39, 0.29) is 0 Å². The second-order valence-corrected chi connectivity index (χ2v) is 6.24. The first-order chi connectivity index (χ1) is 7.70. The summed E-state index contributed by atoms with van der Waals surface area (Å²) in [6.07, 6.45) is 0. The molecule has 4 nitrogen and oxygen atoms in total. The van der Waals surface area contributed by atoms with E-state index in [2.05, 4.69) is 47.4 Å². The summed E-state index contributed by atoms with van der Waals surface area (Å²) >= 11 is 8.41. The van der Waals surface area contributed by atoms with E-state index in [1.807, 2.05) is 13.0 Å². The first-order valence-electron chi connectivity index (χ1n) is 4.69. The Morgan fingerprint density at radius 2 is 2.25 bits per heavy atom. The van der Waals surface area contributed by atoms with Crippen molar-refractivity contribution in [2.24, 2.45) is 0 Å². The summed E-state index contributed by atoms with van der Waals surface area (Å²) < 4.78 is 7.55. The van der Waals surface area contributed by atoms with E-state index in [1.165, 1.54) is 0 Å². The van der Waals surface area contributed by atoms with Crippen molar-refractivity contribution in [2.45, 2.75) is 13.5 Å². The maximum Gasteiger partial charge on any atom is 0.257 e. The lowest BCUT2D eigenvalue weighted by Crippen LogP contribution is -2.11. The predicted octanol–water partition coefficient (Wildman–Crippen LogP) is 3.43. The van der Waals surface area contributed by atoms with Crippen LogP contribution in [-0.4, -0.2) is 16.7 Å². The molecule has 2 rings (SSSR count). The number of hydrogen-bond donors (Lipinski definition) is 1. The molecular weight excluding hydrogens is 358 g/mol. The normalized spacial score (nSPS) is 10.9. The Kier molecular flexibility index (Phi) is 4.12. The summed E-state index contributed by atoms with van der Waals surface area (Å²) in [5.74, 6) is 1.17. The van der Waals surface area contributed by atoms with Crippen LogP contribution in [0, 0.1) is 0 Å². The highest BCUT2D eigenvalue weighted by Gasteiger charge is 2.12. The molecule has 2 aromatic rings. The first kappa shape index (κ1) is 12.2. The largest absolute Gasteiger partial charge is 0.419 e. The van der Waals surface area contributed by atoms with E-state index in [9.17, 15) is 0 Å². The highest BCUT2D eigenvalue weighted by molar-refractivity contribution is 9.13. The van der Waals surface area contributed by atoms with Gasteiger partial charge in [-0.05, 0) is 44.5 Å². The van der Waals surface area contributed by atoms with Crippen LogP contribution in [0.5, 0.6) is 0 Å². The maximum absolute atomic E-state index is 5.52. The number of halogens is 2. The van der Waals surface area contributed by atoms with Crippen molar-refractivity contribution >= 4 is 43.2 Å². The second kappa shape index (κ2) is 5.39. The van der Waals surface area contributed by atoms with Crippen molar-refractivity contribution in [3.05, 3.63) is 20.2 Å². The maximum atomic E-state index is 5.52. The summed E-state index contributed by atoms with van der Waals surface area (Å²) in [4.78, 5) is 0.953. The van der Waals surface area contributed by atoms with Gasteiger partial charge >= 0.3 is 0 Å². The molecule has 0 aliphatic rings. The number of hydrogen-bond acceptors (Lipinski definition) is 5. The monoisotopic (exact) mass is 365 g/mol. The van der Waals surface area contributed by atoms with Crippen LogP contribution in [0.3, 0.4) is 0 Å². The van der Waals surface area contributed by atoms with Gasteiger partial charge < -0.3 is 9.73 Å². The van der Waals surface area contributed by atoms with Crippen molar-refractivity contribution in [1.82, 2.24) is 15.5 Å². The number of nitrogens with zero attached hydrogens (tertiary/aromatic N) is 2. The molecule has 0 saturated heterocycles. The minimum absolute atomic E-state index is 0.560.